The van der Waals surface area contributed by atoms with Crippen LogP contribution in [0.15, 0.2) is 0 Å². The lowest BCUT2D eigenvalue weighted by Crippen LogP contribution is -2.59. The standard InChI is InChI=1S/C35H58N6O10/c1-20(2)16-25(32(47)41-28(35(50)51)18-23-12-8-5-9-13-23)38-34(49)27(19-30(44)45)40-33(48)26(17-22-10-6-4-7-11-22)39-31(46)24(37-21(3)42)14-15-29(36)43/h20,22-28H,4-19H2,1-3H3,(H2,36,43)(H,37,42)(H,38,49)(H,39,46)(H,40,48)(H,41,47)(H,44,45)(H,50,51)/t24?,25-,26-,27-,28-/m0/s1. The average molecular weight is 723 g/mol. The number of hydrogen-bond donors (Lipinski definition) is 8. The summed E-state index contributed by atoms with van der Waals surface area (Å²) in [5, 5.41) is 32.1. The van der Waals surface area contributed by atoms with Gasteiger partial charge in [0.15, 0.2) is 0 Å². The monoisotopic (exact) mass is 722 g/mol. The molecule has 0 aromatic rings. The van der Waals surface area contributed by atoms with Gasteiger partial charge in [0.1, 0.15) is 30.2 Å². The molecule has 0 bridgehead atoms. The van der Waals surface area contributed by atoms with E-state index in [-0.39, 0.29) is 49.9 Å². The highest BCUT2D eigenvalue weighted by Gasteiger charge is 2.35. The molecule has 16 nitrogen and oxygen atoms in total. The molecule has 5 atom stereocenters. The third-order valence-electron chi connectivity index (χ3n) is 9.56. The maximum atomic E-state index is 13.8. The van der Waals surface area contributed by atoms with Gasteiger partial charge in [0, 0.05) is 13.3 Å². The second-order valence-electron chi connectivity index (χ2n) is 14.5. The highest BCUT2D eigenvalue weighted by molar-refractivity contribution is 5.97. The second-order valence-corrected chi connectivity index (χ2v) is 14.5. The second kappa shape index (κ2) is 21.9. The maximum Gasteiger partial charge on any atom is 0.326 e. The summed E-state index contributed by atoms with van der Waals surface area (Å²) >= 11 is 0. The summed E-state index contributed by atoms with van der Waals surface area (Å²) in [5.74, 6) is -7.07. The van der Waals surface area contributed by atoms with Crippen LogP contribution in [0.1, 0.15) is 124 Å². The zero-order chi connectivity index (χ0) is 38.1. The Bertz CT molecular complexity index is 1230. The summed E-state index contributed by atoms with van der Waals surface area (Å²) in [4.78, 5) is 101. The van der Waals surface area contributed by atoms with Crippen molar-refractivity contribution in [3.63, 3.8) is 0 Å². The molecule has 6 amide bonds. The lowest BCUT2D eigenvalue weighted by atomic mass is 9.84. The average Bonchev–Trinajstić information content (AvgIpc) is 3.05. The highest BCUT2D eigenvalue weighted by Crippen LogP contribution is 2.28. The Morgan fingerprint density at radius 1 is 0.608 bits per heavy atom. The molecule has 2 aliphatic carbocycles. The first-order valence-electron chi connectivity index (χ1n) is 18.3. The Morgan fingerprint density at radius 2 is 1.04 bits per heavy atom. The molecule has 2 rings (SSSR count). The minimum absolute atomic E-state index is 0.0429. The molecule has 2 saturated carbocycles. The van der Waals surface area contributed by atoms with E-state index >= 15 is 0 Å². The Kier molecular flexibility index (Phi) is 18.4. The third kappa shape index (κ3) is 16.6. The fraction of sp³-hybridized carbons (Fsp3) is 0.771. The molecule has 2 aliphatic rings. The van der Waals surface area contributed by atoms with Gasteiger partial charge in [-0.2, -0.15) is 0 Å². The largest absolute Gasteiger partial charge is 0.481 e. The fourth-order valence-corrected chi connectivity index (χ4v) is 6.94. The van der Waals surface area contributed by atoms with E-state index in [1.54, 1.807) is 13.8 Å². The summed E-state index contributed by atoms with van der Waals surface area (Å²) in [5.41, 5.74) is 5.24. The van der Waals surface area contributed by atoms with Gasteiger partial charge >= 0.3 is 11.9 Å². The normalized spacial score (nSPS) is 18.3. The molecule has 0 spiro atoms. The van der Waals surface area contributed by atoms with Crippen molar-refractivity contribution in [3.05, 3.63) is 0 Å². The number of carboxylic acids is 2. The molecule has 2 fully saturated rings. The number of nitrogens with one attached hydrogen (secondary N) is 5. The number of carbonyl (C=O) groups excluding carboxylic acids is 6. The summed E-state index contributed by atoms with van der Waals surface area (Å²) in [6.45, 7) is 4.79. The van der Waals surface area contributed by atoms with Crippen molar-refractivity contribution >= 4 is 47.4 Å². The zero-order valence-corrected chi connectivity index (χ0v) is 30.2. The van der Waals surface area contributed by atoms with Crippen LogP contribution in [0.2, 0.25) is 0 Å². The molecular weight excluding hydrogens is 664 g/mol. The fourth-order valence-electron chi connectivity index (χ4n) is 6.94. The first kappa shape index (κ1) is 42.9. The van der Waals surface area contributed by atoms with E-state index < -0.39 is 84.0 Å². The predicted molar refractivity (Wildman–Crippen MR) is 185 cm³/mol. The highest BCUT2D eigenvalue weighted by atomic mass is 16.4. The number of nitrogens with two attached hydrogens (primary N) is 1. The van der Waals surface area contributed by atoms with E-state index in [0.29, 0.717) is 0 Å². The lowest BCUT2D eigenvalue weighted by Gasteiger charge is -2.30. The van der Waals surface area contributed by atoms with Gasteiger partial charge in [0.05, 0.1) is 6.42 Å². The quantitative estimate of drug-likeness (QED) is 0.0840. The van der Waals surface area contributed by atoms with Crippen molar-refractivity contribution in [2.45, 2.75) is 154 Å². The van der Waals surface area contributed by atoms with Crippen molar-refractivity contribution in [1.29, 1.82) is 0 Å². The Morgan fingerprint density at radius 3 is 1.51 bits per heavy atom. The van der Waals surface area contributed by atoms with E-state index in [4.69, 9.17) is 5.73 Å². The summed E-state index contributed by atoms with van der Waals surface area (Å²) in [7, 11) is 0. The van der Waals surface area contributed by atoms with E-state index in [2.05, 4.69) is 26.6 Å². The van der Waals surface area contributed by atoms with Crippen LogP contribution in [-0.4, -0.2) is 87.8 Å². The van der Waals surface area contributed by atoms with Crippen LogP contribution in [0.5, 0.6) is 0 Å². The summed E-state index contributed by atoms with van der Waals surface area (Å²) in [6.07, 6.45) is 8.61. The van der Waals surface area contributed by atoms with Crippen LogP contribution in [0.4, 0.5) is 0 Å². The first-order valence-corrected chi connectivity index (χ1v) is 18.3. The van der Waals surface area contributed by atoms with Crippen molar-refractivity contribution in [3.8, 4) is 0 Å². The molecule has 16 heteroatoms. The summed E-state index contributed by atoms with van der Waals surface area (Å²) in [6, 6.07) is -6.45. The Hall–Kier alpha value is -4.24. The van der Waals surface area contributed by atoms with Gasteiger partial charge < -0.3 is 42.5 Å². The number of hydrogen-bond acceptors (Lipinski definition) is 8. The van der Waals surface area contributed by atoms with E-state index in [9.17, 15) is 48.6 Å². The van der Waals surface area contributed by atoms with Crippen LogP contribution in [0.3, 0.4) is 0 Å². The minimum Gasteiger partial charge on any atom is -0.481 e. The molecular formula is C35H58N6O10. The predicted octanol–water partition coefficient (Wildman–Crippen LogP) is 1.24. The van der Waals surface area contributed by atoms with Gasteiger partial charge in [-0.3, -0.25) is 33.6 Å². The molecule has 1 unspecified atom stereocenters. The van der Waals surface area contributed by atoms with Gasteiger partial charge in [-0.25, -0.2) is 4.79 Å². The van der Waals surface area contributed by atoms with Gasteiger partial charge in [-0.05, 0) is 43.4 Å². The topological polar surface area (TPSA) is 263 Å². The third-order valence-corrected chi connectivity index (χ3v) is 9.56. The number of aliphatic carboxylic acids is 2. The van der Waals surface area contributed by atoms with Gasteiger partial charge in [0.25, 0.3) is 0 Å². The van der Waals surface area contributed by atoms with Crippen molar-refractivity contribution in [2.75, 3.05) is 0 Å². The number of primary amides is 1. The van der Waals surface area contributed by atoms with Crippen LogP contribution < -0.4 is 32.3 Å². The van der Waals surface area contributed by atoms with Crippen LogP contribution in [0.25, 0.3) is 0 Å². The maximum absolute atomic E-state index is 13.8. The first-order chi connectivity index (χ1) is 24.0. The van der Waals surface area contributed by atoms with Crippen LogP contribution >= 0.6 is 0 Å². The molecule has 0 aliphatic heterocycles. The van der Waals surface area contributed by atoms with Gasteiger partial charge in [0.2, 0.25) is 35.4 Å². The van der Waals surface area contributed by atoms with Crippen LogP contribution in [0, 0.1) is 17.8 Å². The Balaban J connectivity index is 2.26. The zero-order valence-electron chi connectivity index (χ0n) is 30.2. The molecule has 0 radical (unpaired) electrons. The minimum atomic E-state index is -1.65. The van der Waals surface area contributed by atoms with Crippen molar-refractivity contribution in [2.24, 2.45) is 23.5 Å². The molecule has 0 saturated heterocycles. The van der Waals surface area contributed by atoms with Crippen molar-refractivity contribution < 1.29 is 48.6 Å². The van der Waals surface area contributed by atoms with E-state index in [1.165, 1.54) is 6.92 Å². The number of carbonyl (C=O) groups is 8. The molecule has 0 aromatic heterocycles. The van der Waals surface area contributed by atoms with E-state index in [1.807, 2.05) is 0 Å². The molecule has 51 heavy (non-hydrogen) atoms. The number of rotatable bonds is 21. The SMILES string of the molecule is CC(=O)NC(CCC(N)=O)C(=O)N[C@@H](CC1CCCCC1)C(=O)N[C@@H](CC(=O)O)C(=O)N[C@@H](CC(C)C)C(=O)N[C@@H](CC1CCCCC1)C(=O)O. The summed E-state index contributed by atoms with van der Waals surface area (Å²) < 4.78 is 0. The molecule has 0 aromatic carbocycles. The lowest BCUT2D eigenvalue weighted by molar-refractivity contribution is -0.144. The molecule has 0 heterocycles. The van der Waals surface area contributed by atoms with Gasteiger partial charge in [-0.15, -0.1) is 0 Å². The Labute approximate surface area is 299 Å². The van der Waals surface area contributed by atoms with Gasteiger partial charge in [-0.1, -0.05) is 78.1 Å². The number of amides is 6. The molecule has 9 N–H and O–H groups in total. The van der Waals surface area contributed by atoms with Crippen LogP contribution in [-0.2, 0) is 38.4 Å². The number of carboxylic acid groups (broad SMARTS) is 2. The smallest absolute Gasteiger partial charge is 0.326 e. The van der Waals surface area contributed by atoms with Crippen molar-refractivity contribution in [1.82, 2.24) is 26.6 Å². The van der Waals surface area contributed by atoms with E-state index in [0.717, 1.165) is 64.2 Å². The molecule has 288 valence electrons.